The molecule has 0 aromatic heterocycles. The first kappa shape index (κ1) is 10.9. The van der Waals surface area contributed by atoms with Gasteiger partial charge in [0.15, 0.2) is 0 Å². The normalized spacial score (nSPS) is 34.4. The first-order valence-corrected chi connectivity index (χ1v) is 7.33. The Morgan fingerprint density at radius 3 is 2.83 bits per heavy atom. The van der Waals surface area contributed by atoms with E-state index in [1.54, 1.807) is 0 Å². The Morgan fingerprint density at radius 2 is 2.00 bits per heavy atom. The summed E-state index contributed by atoms with van der Waals surface area (Å²) in [6.07, 6.45) is 6.43. The van der Waals surface area contributed by atoms with E-state index < -0.39 is 0 Å². The standard InChI is InChI=1S/C16H21NO/c17-15(13-8-11-7-12(11)9-13)14-5-1-3-10-4-2-6-18-16(10)14/h1,3,5,11-13,15H,2,4,6-9,17H2. The van der Waals surface area contributed by atoms with Gasteiger partial charge in [0.25, 0.3) is 0 Å². The Bertz CT molecular complexity index is 460. The van der Waals surface area contributed by atoms with Crippen LogP contribution in [0.15, 0.2) is 18.2 Å². The molecule has 1 aliphatic heterocycles. The number of hydrogen-bond acceptors (Lipinski definition) is 2. The van der Waals surface area contributed by atoms with Crippen LogP contribution < -0.4 is 10.5 Å². The Balaban J connectivity index is 1.63. The van der Waals surface area contributed by atoms with Gasteiger partial charge in [0, 0.05) is 11.6 Å². The van der Waals surface area contributed by atoms with Crippen LogP contribution in [0.5, 0.6) is 5.75 Å². The van der Waals surface area contributed by atoms with Gasteiger partial charge >= 0.3 is 0 Å². The molecule has 2 nitrogen and oxygen atoms in total. The molecule has 3 unspecified atom stereocenters. The molecule has 0 radical (unpaired) electrons. The SMILES string of the molecule is NC(c1cccc2c1OCCC2)C1CC2CC2C1. The van der Waals surface area contributed by atoms with Gasteiger partial charge < -0.3 is 10.5 Å². The van der Waals surface area contributed by atoms with Gasteiger partial charge in [-0.05, 0) is 55.4 Å². The van der Waals surface area contributed by atoms with Crippen molar-refractivity contribution in [1.29, 1.82) is 0 Å². The van der Waals surface area contributed by atoms with Crippen molar-refractivity contribution >= 4 is 0 Å². The maximum atomic E-state index is 6.53. The molecular weight excluding hydrogens is 222 g/mol. The van der Waals surface area contributed by atoms with Gasteiger partial charge in [-0.3, -0.25) is 0 Å². The smallest absolute Gasteiger partial charge is 0.127 e. The number of benzene rings is 1. The van der Waals surface area contributed by atoms with Gasteiger partial charge in [0.2, 0.25) is 0 Å². The van der Waals surface area contributed by atoms with E-state index in [1.807, 2.05) is 0 Å². The van der Waals surface area contributed by atoms with E-state index in [2.05, 4.69) is 18.2 Å². The molecule has 4 rings (SSSR count). The van der Waals surface area contributed by atoms with Crippen molar-refractivity contribution in [2.24, 2.45) is 23.5 Å². The predicted octanol–water partition coefficient (Wildman–Crippen LogP) is 3.06. The van der Waals surface area contributed by atoms with Crippen molar-refractivity contribution in [1.82, 2.24) is 0 Å². The first-order chi connectivity index (χ1) is 8.83. The van der Waals surface area contributed by atoms with Crippen LogP contribution in [-0.4, -0.2) is 6.61 Å². The number of para-hydroxylation sites is 1. The van der Waals surface area contributed by atoms with E-state index in [4.69, 9.17) is 10.5 Å². The molecule has 1 aromatic rings. The maximum Gasteiger partial charge on any atom is 0.127 e. The second kappa shape index (κ2) is 3.99. The second-order valence-corrected chi connectivity index (χ2v) is 6.30. The number of nitrogens with two attached hydrogens (primary N) is 1. The van der Waals surface area contributed by atoms with Crippen LogP contribution >= 0.6 is 0 Å². The summed E-state index contributed by atoms with van der Waals surface area (Å²) in [4.78, 5) is 0. The zero-order chi connectivity index (χ0) is 12.1. The highest BCUT2D eigenvalue weighted by atomic mass is 16.5. The molecule has 2 heteroatoms. The van der Waals surface area contributed by atoms with Crippen molar-refractivity contribution in [3.05, 3.63) is 29.3 Å². The average molecular weight is 243 g/mol. The van der Waals surface area contributed by atoms with Gasteiger partial charge in [-0.15, -0.1) is 0 Å². The summed E-state index contributed by atoms with van der Waals surface area (Å²) in [6, 6.07) is 6.71. The molecule has 1 heterocycles. The second-order valence-electron chi connectivity index (χ2n) is 6.30. The van der Waals surface area contributed by atoms with Crippen LogP contribution in [0.1, 0.15) is 42.9 Å². The number of fused-ring (bicyclic) bond motifs is 2. The maximum absolute atomic E-state index is 6.53. The molecule has 0 saturated heterocycles. The minimum absolute atomic E-state index is 0.186. The molecule has 2 fully saturated rings. The van der Waals surface area contributed by atoms with Gasteiger partial charge in [-0.2, -0.15) is 0 Å². The highest BCUT2D eigenvalue weighted by Crippen LogP contribution is 2.57. The summed E-state index contributed by atoms with van der Waals surface area (Å²) in [5, 5.41) is 0. The number of ether oxygens (including phenoxy) is 1. The third-order valence-corrected chi connectivity index (χ3v) is 5.11. The van der Waals surface area contributed by atoms with Crippen LogP contribution in [-0.2, 0) is 6.42 Å². The highest BCUT2D eigenvalue weighted by molar-refractivity contribution is 5.44. The summed E-state index contributed by atoms with van der Waals surface area (Å²) >= 11 is 0. The third-order valence-electron chi connectivity index (χ3n) is 5.11. The van der Waals surface area contributed by atoms with Crippen LogP contribution in [0.4, 0.5) is 0 Å². The fourth-order valence-corrected chi connectivity index (χ4v) is 3.99. The molecule has 18 heavy (non-hydrogen) atoms. The molecule has 0 spiro atoms. The fourth-order valence-electron chi connectivity index (χ4n) is 3.99. The fraction of sp³-hybridized carbons (Fsp3) is 0.625. The molecule has 0 bridgehead atoms. The summed E-state index contributed by atoms with van der Waals surface area (Å²) in [7, 11) is 0. The van der Waals surface area contributed by atoms with E-state index in [-0.39, 0.29) is 6.04 Å². The van der Waals surface area contributed by atoms with E-state index in [1.165, 1.54) is 30.4 Å². The van der Waals surface area contributed by atoms with Gasteiger partial charge in [0.1, 0.15) is 5.75 Å². The monoisotopic (exact) mass is 243 g/mol. The van der Waals surface area contributed by atoms with E-state index in [9.17, 15) is 0 Å². The van der Waals surface area contributed by atoms with Crippen molar-refractivity contribution in [3.8, 4) is 5.75 Å². The van der Waals surface area contributed by atoms with E-state index >= 15 is 0 Å². The Kier molecular flexibility index (Phi) is 2.41. The van der Waals surface area contributed by atoms with Crippen LogP contribution in [0.25, 0.3) is 0 Å². The Hall–Kier alpha value is -1.02. The van der Waals surface area contributed by atoms with Crippen molar-refractivity contribution in [2.75, 3.05) is 6.61 Å². The summed E-state index contributed by atoms with van der Waals surface area (Å²) in [5.74, 6) is 3.80. The van der Waals surface area contributed by atoms with Gasteiger partial charge in [0.05, 0.1) is 6.61 Å². The number of rotatable bonds is 2. The first-order valence-electron chi connectivity index (χ1n) is 7.33. The molecule has 0 amide bonds. The lowest BCUT2D eigenvalue weighted by atomic mass is 9.87. The molecule has 1 aromatic carbocycles. The summed E-state index contributed by atoms with van der Waals surface area (Å²) in [6.45, 7) is 0.854. The average Bonchev–Trinajstić information content (AvgIpc) is 3.04. The quantitative estimate of drug-likeness (QED) is 0.866. The van der Waals surface area contributed by atoms with Gasteiger partial charge in [-0.25, -0.2) is 0 Å². The molecule has 3 aliphatic rings. The minimum Gasteiger partial charge on any atom is -0.493 e. The Labute approximate surface area is 109 Å². The molecular formula is C16H21NO. The topological polar surface area (TPSA) is 35.2 Å². The van der Waals surface area contributed by atoms with Crippen molar-refractivity contribution < 1.29 is 4.74 Å². The number of hydrogen-bond donors (Lipinski definition) is 1. The number of aryl methyl sites for hydroxylation is 1. The van der Waals surface area contributed by atoms with Crippen LogP contribution in [0, 0.1) is 17.8 Å². The zero-order valence-corrected chi connectivity index (χ0v) is 10.8. The summed E-state index contributed by atoms with van der Waals surface area (Å²) < 4.78 is 5.89. The predicted molar refractivity (Wildman–Crippen MR) is 71.5 cm³/mol. The highest BCUT2D eigenvalue weighted by Gasteiger charge is 2.47. The van der Waals surface area contributed by atoms with E-state index in [0.717, 1.165) is 37.0 Å². The van der Waals surface area contributed by atoms with Crippen LogP contribution in [0.2, 0.25) is 0 Å². The van der Waals surface area contributed by atoms with E-state index in [0.29, 0.717) is 5.92 Å². The lowest BCUT2D eigenvalue weighted by Gasteiger charge is -2.27. The largest absolute Gasteiger partial charge is 0.493 e. The minimum atomic E-state index is 0.186. The van der Waals surface area contributed by atoms with Crippen molar-refractivity contribution in [2.45, 2.75) is 38.1 Å². The third kappa shape index (κ3) is 1.66. The lowest BCUT2D eigenvalue weighted by Crippen LogP contribution is -2.22. The molecule has 2 saturated carbocycles. The van der Waals surface area contributed by atoms with Crippen LogP contribution in [0.3, 0.4) is 0 Å². The molecule has 96 valence electrons. The lowest BCUT2D eigenvalue weighted by molar-refractivity contribution is 0.278. The molecule has 2 N–H and O–H groups in total. The molecule has 2 aliphatic carbocycles. The van der Waals surface area contributed by atoms with Gasteiger partial charge in [-0.1, -0.05) is 18.2 Å². The Morgan fingerprint density at radius 1 is 1.17 bits per heavy atom. The van der Waals surface area contributed by atoms with Crippen molar-refractivity contribution in [3.63, 3.8) is 0 Å². The summed E-state index contributed by atoms with van der Waals surface area (Å²) in [5.41, 5.74) is 9.15. The zero-order valence-electron chi connectivity index (χ0n) is 10.8. The molecule has 3 atom stereocenters.